The molecule has 106 valence electrons. The monoisotopic (exact) mass is 336 g/mol. The van der Waals surface area contributed by atoms with Crippen LogP contribution < -0.4 is 4.74 Å². The van der Waals surface area contributed by atoms with Crippen molar-refractivity contribution in [2.75, 3.05) is 13.7 Å². The van der Waals surface area contributed by atoms with Crippen molar-refractivity contribution in [3.63, 3.8) is 0 Å². The summed E-state index contributed by atoms with van der Waals surface area (Å²) < 4.78 is 11.5. The second kappa shape index (κ2) is 7.36. The van der Waals surface area contributed by atoms with Crippen molar-refractivity contribution in [1.82, 2.24) is 9.97 Å². The lowest BCUT2D eigenvalue weighted by Crippen LogP contribution is -1.97. The second-order valence-electron chi connectivity index (χ2n) is 4.29. The van der Waals surface area contributed by atoms with E-state index in [0.29, 0.717) is 5.88 Å². The Kier molecular flexibility index (Phi) is 5.49. The number of halogens is 1. The first-order valence-corrected chi connectivity index (χ1v) is 7.29. The zero-order chi connectivity index (χ0) is 14.4. The molecule has 5 heteroatoms. The molecule has 0 aliphatic rings. The Hall–Kier alpha value is -1.46. The number of ether oxygens (including phenoxy) is 2. The second-order valence-corrected chi connectivity index (χ2v) is 5.10. The van der Waals surface area contributed by atoms with Crippen LogP contribution >= 0.6 is 15.9 Å². The third kappa shape index (κ3) is 4.28. The average molecular weight is 337 g/mol. The van der Waals surface area contributed by atoms with Crippen molar-refractivity contribution >= 4 is 15.9 Å². The van der Waals surface area contributed by atoms with Gasteiger partial charge in [0.1, 0.15) is 16.2 Å². The molecule has 4 nitrogen and oxygen atoms in total. The van der Waals surface area contributed by atoms with Gasteiger partial charge in [-0.1, -0.05) is 19.1 Å². The zero-order valence-corrected chi connectivity index (χ0v) is 13.2. The number of methoxy groups -OCH3 is 1. The molecule has 0 unspecified atom stereocenters. The van der Waals surface area contributed by atoms with Gasteiger partial charge in [0.2, 0.25) is 5.88 Å². The molecule has 0 aliphatic carbocycles. The van der Waals surface area contributed by atoms with Gasteiger partial charge in [0, 0.05) is 19.6 Å². The lowest BCUT2D eigenvalue weighted by Gasteiger charge is -2.07. The maximum Gasteiger partial charge on any atom is 0.223 e. The molecule has 0 spiro atoms. The molecule has 20 heavy (non-hydrogen) atoms. The Labute approximate surface area is 127 Å². The summed E-state index contributed by atoms with van der Waals surface area (Å²) >= 11 is 3.36. The Morgan fingerprint density at radius 1 is 1.15 bits per heavy atom. The van der Waals surface area contributed by atoms with E-state index in [1.54, 1.807) is 13.2 Å². The highest BCUT2D eigenvalue weighted by molar-refractivity contribution is 9.10. The van der Waals surface area contributed by atoms with E-state index in [0.717, 1.165) is 35.6 Å². The molecular weight excluding hydrogens is 320 g/mol. The molecule has 0 amide bonds. The van der Waals surface area contributed by atoms with Crippen LogP contribution in [0.2, 0.25) is 0 Å². The summed E-state index contributed by atoms with van der Waals surface area (Å²) in [6.07, 6.45) is 1.67. The minimum absolute atomic E-state index is 0.549. The van der Waals surface area contributed by atoms with Crippen LogP contribution in [0.3, 0.4) is 0 Å². The van der Waals surface area contributed by atoms with Crippen LogP contribution in [-0.2, 0) is 17.6 Å². The topological polar surface area (TPSA) is 44.2 Å². The molecule has 0 bridgehead atoms. The van der Waals surface area contributed by atoms with Crippen molar-refractivity contribution in [3.8, 4) is 11.6 Å². The van der Waals surface area contributed by atoms with Gasteiger partial charge in [0.15, 0.2) is 0 Å². The first kappa shape index (κ1) is 14.9. The van der Waals surface area contributed by atoms with Gasteiger partial charge >= 0.3 is 0 Å². The van der Waals surface area contributed by atoms with Crippen LogP contribution in [0.15, 0.2) is 34.9 Å². The van der Waals surface area contributed by atoms with Crippen LogP contribution in [0.4, 0.5) is 0 Å². The predicted molar refractivity (Wildman–Crippen MR) is 81.2 cm³/mol. The molecule has 0 aliphatic heterocycles. The molecule has 2 rings (SSSR count). The fourth-order valence-electron chi connectivity index (χ4n) is 1.72. The molecule has 0 radical (unpaired) electrons. The van der Waals surface area contributed by atoms with E-state index in [4.69, 9.17) is 9.47 Å². The number of aryl methyl sites for hydroxylation is 1. The molecular formula is C15H17BrN2O2. The summed E-state index contributed by atoms with van der Waals surface area (Å²) in [7, 11) is 1.70. The highest BCUT2D eigenvalue weighted by Gasteiger charge is 2.04. The Morgan fingerprint density at radius 2 is 1.90 bits per heavy atom. The van der Waals surface area contributed by atoms with Crippen LogP contribution in [0.5, 0.6) is 11.6 Å². The van der Waals surface area contributed by atoms with Crippen LogP contribution in [0.25, 0.3) is 0 Å². The van der Waals surface area contributed by atoms with Crippen molar-refractivity contribution in [2.45, 2.75) is 19.8 Å². The van der Waals surface area contributed by atoms with Gasteiger partial charge in [0.25, 0.3) is 0 Å². The van der Waals surface area contributed by atoms with Crippen LogP contribution in [0.1, 0.15) is 18.3 Å². The summed E-state index contributed by atoms with van der Waals surface area (Å²) in [6, 6.07) is 9.70. The molecule has 2 aromatic rings. The SMILES string of the molecule is CCc1nc(Br)cc(Oc2ccc(CCOC)cc2)n1. The highest BCUT2D eigenvalue weighted by atomic mass is 79.9. The highest BCUT2D eigenvalue weighted by Crippen LogP contribution is 2.22. The molecule has 0 saturated heterocycles. The van der Waals surface area contributed by atoms with E-state index < -0.39 is 0 Å². The fraction of sp³-hybridized carbons (Fsp3) is 0.333. The first-order valence-electron chi connectivity index (χ1n) is 6.50. The number of rotatable bonds is 6. The molecule has 1 aromatic heterocycles. The number of aromatic nitrogens is 2. The smallest absolute Gasteiger partial charge is 0.223 e. The van der Waals surface area contributed by atoms with Crippen LogP contribution in [0, 0.1) is 0 Å². The molecule has 1 aromatic carbocycles. The van der Waals surface area contributed by atoms with E-state index in [1.807, 2.05) is 31.2 Å². The summed E-state index contributed by atoms with van der Waals surface area (Å²) in [5.74, 6) is 2.07. The lowest BCUT2D eigenvalue weighted by molar-refractivity contribution is 0.202. The maximum absolute atomic E-state index is 5.75. The van der Waals surface area contributed by atoms with E-state index in [9.17, 15) is 0 Å². The molecule has 0 saturated carbocycles. The summed E-state index contributed by atoms with van der Waals surface area (Å²) in [6.45, 7) is 2.73. The van der Waals surface area contributed by atoms with E-state index in [-0.39, 0.29) is 0 Å². The molecule has 1 heterocycles. The van der Waals surface area contributed by atoms with Crippen molar-refractivity contribution in [2.24, 2.45) is 0 Å². The number of benzene rings is 1. The molecule has 0 fully saturated rings. The minimum atomic E-state index is 0.549. The number of hydrogen-bond acceptors (Lipinski definition) is 4. The normalized spacial score (nSPS) is 10.6. The van der Waals surface area contributed by atoms with Crippen LogP contribution in [-0.4, -0.2) is 23.7 Å². The van der Waals surface area contributed by atoms with E-state index in [1.165, 1.54) is 5.56 Å². The third-order valence-corrected chi connectivity index (χ3v) is 3.18. The van der Waals surface area contributed by atoms with Gasteiger partial charge in [-0.15, -0.1) is 0 Å². The number of nitrogens with zero attached hydrogens (tertiary/aromatic N) is 2. The van der Waals surface area contributed by atoms with E-state index >= 15 is 0 Å². The quantitative estimate of drug-likeness (QED) is 0.753. The standard InChI is InChI=1S/C15H17BrN2O2/c1-3-14-17-13(16)10-15(18-14)20-12-6-4-11(5-7-12)8-9-19-2/h4-7,10H,3,8-9H2,1-2H3. The van der Waals surface area contributed by atoms with Gasteiger partial charge in [-0.3, -0.25) is 0 Å². The van der Waals surface area contributed by atoms with Crippen molar-refractivity contribution in [3.05, 3.63) is 46.3 Å². The third-order valence-electron chi connectivity index (χ3n) is 2.77. The Morgan fingerprint density at radius 3 is 2.55 bits per heavy atom. The maximum atomic E-state index is 5.75. The fourth-order valence-corrected chi connectivity index (χ4v) is 2.12. The minimum Gasteiger partial charge on any atom is -0.439 e. The van der Waals surface area contributed by atoms with Gasteiger partial charge < -0.3 is 9.47 Å². The first-order chi connectivity index (χ1) is 9.71. The lowest BCUT2D eigenvalue weighted by atomic mass is 10.1. The van der Waals surface area contributed by atoms with Gasteiger partial charge in [-0.2, -0.15) is 4.98 Å². The summed E-state index contributed by atoms with van der Waals surface area (Å²) in [5, 5.41) is 0. The Bertz CT molecular complexity index is 558. The molecule has 0 N–H and O–H groups in total. The number of hydrogen-bond donors (Lipinski definition) is 0. The van der Waals surface area contributed by atoms with Crippen molar-refractivity contribution in [1.29, 1.82) is 0 Å². The largest absolute Gasteiger partial charge is 0.439 e. The van der Waals surface area contributed by atoms with Gasteiger partial charge in [0.05, 0.1) is 6.61 Å². The van der Waals surface area contributed by atoms with E-state index in [2.05, 4.69) is 25.9 Å². The predicted octanol–water partition coefficient (Wildman–Crippen LogP) is 3.78. The molecule has 0 atom stereocenters. The summed E-state index contributed by atoms with van der Waals surface area (Å²) in [5.41, 5.74) is 1.22. The summed E-state index contributed by atoms with van der Waals surface area (Å²) in [4.78, 5) is 8.59. The van der Waals surface area contributed by atoms with Gasteiger partial charge in [-0.05, 0) is 40.0 Å². The van der Waals surface area contributed by atoms with Gasteiger partial charge in [-0.25, -0.2) is 4.98 Å². The zero-order valence-electron chi connectivity index (χ0n) is 11.6. The average Bonchev–Trinajstić information content (AvgIpc) is 2.46. The Balaban J connectivity index is 2.07. The van der Waals surface area contributed by atoms with Crippen molar-refractivity contribution < 1.29 is 9.47 Å².